The number of rotatable bonds is 7. The molecule has 0 aliphatic heterocycles. The molecule has 5 rings (SSSR count). The number of aliphatic hydroxyl groups is 1. The summed E-state index contributed by atoms with van der Waals surface area (Å²) in [5, 5.41) is 19.3. The zero-order valence-electron chi connectivity index (χ0n) is 22.1. The first-order chi connectivity index (χ1) is 18.3. The maximum atomic E-state index is 12.7. The van der Waals surface area contributed by atoms with E-state index >= 15 is 0 Å². The number of fused-ring (bicyclic) bond motifs is 1. The molecule has 38 heavy (non-hydrogen) atoms. The summed E-state index contributed by atoms with van der Waals surface area (Å²) in [5.41, 5.74) is 9.22. The molecule has 1 saturated carbocycles. The number of nitrogens with one attached hydrogen (secondary N) is 1. The molecule has 0 spiro atoms. The Balaban J connectivity index is 1.43. The molecule has 1 fully saturated rings. The molecule has 1 aliphatic carbocycles. The Bertz CT molecular complexity index is 1450. The summed E-state index contributed by atoms with van der Waals surface area (Å²) in [4.78, 5) is 21.5. The number of hydrogen-bond acceptors (Lipinski definition) is 7. The van der Waals surface area contributed by atoms with Crippen molar-refractivity contribution in [2.24, 2.45) is 0 Å². The van der Waals surface area contributed by atoms with Crippen LogP contribution in [-0.2, 0) is 12.1 Å². The predicted molar refractivity (Wildman–Crippen MR) is 147 cm³/mol. The van der Waals surface area contributed by atoms with Gasteiger partial charge in [0, 0.05) is 12.1 Å². The fraction of sp³-hybridized carbons (Fsp3) is 0.379. The molecule has 0 atom stereocenters. The number of para-hydroxylation sites is 1. The van der Waals surface area contributed by atoms with E-state index < -0.39 is 5.60 Å². The van der Waals surface area contributed by atoms with Crippen molar-refractivity contribution in [2.45, 2.75) is 63.6 Å². The van der Waals surface area contributed by atoms with E-state index in [0.717, 1.165) is 41.5 Å². The lowest BCUT2D eigenvalue weighted by Crippen LogP contribution is -2.43. The molecule has 9 nitrogen and oxygen atoms in total. The Hall–Kier alpha value is -3.98. The first kappa shape index (κ1) is 25.7. The number of carbonyl (C=O) groups is 1. The van der Waals surface area contributed by atoms with E-state index in [1.807, 2.05) is 48.0 Å². The van der Waals surface area contributed by atoms with Gasteiger partial charge in [-0.25, -0.2) is 14.6 Å². The lowest BCUT2D eigenvalue weighted by Gasteiger charge is -2.42. The Labute approximate surface area is 222 Å². The van der Waals surface area contributed by atoms with Gasteiger partial charge < -0.3 is 20.9 Å². The number of nitrogen functional groups attached to an aromatic ring is 1. The van der Waals surface area contributed by atoms with E-state index in [4.69, 9.17) is 15.6 Å². The number of hydrogen-bond donors (Lipinski definition) is 3. The summed E-state index contributed by atoms with van der Waals surface area (Å²) < 4.78 is 7.32. The van der Waals surface area contributed by atoms with Crippen LogP contribution in [0.3, 0.4) is 0 Å². The van der Waals surface area contributed by atoms with Crippen LogP contribution in [0.4, 0.5) is 5.82 Å². The lowest BCUT2D eigenvalue weighted by atomic mass is 9.73. The maximum Gasteiger partial charge on any atom is 0.255 e. The predicted octanol–water partition coefficient (Wildman–Crippen LogP) is 4.44. The van der Waals surface area contributed by atoms with Crippen LogP contribution < -0.4 is 15.8 Å². The molecule has 2 heterocycles. The summed E-state index contributed by atoms with van der Waals surface area (Å²) in [7, 11) is 1.55. The normalized spacial score (nSPS) is 21.4. The fourth-order valence-electron chi connectivity index (χ4n) is 5.37. The van der Waals surface area contributed by atoms with Crippen molar-refractivity contribution in [1.29, 1.82) is 0 Å². The number of carbonyl (C=O) groups excluding carboxylic acids is 1. The average molecular weight is 515 g/mol. The number of amides is 1. The third-order valence-corrected chi connectivity index (χ3v) is 7.89. The lowest BCUT2D eigenvalue weighted by molar-refractivity contribution is -0.0187. The zero-order chi connectivity index (χ0) is 26.9. The van der Waals surface area contributed by atoms with Crippen LogP contribution in [0.15, 0.2) is 54.9 Å². The van der Waals surface area contributed by atoms with Crippen LogP contribution >= 0.6 is 0 Å². The van der Waals surface area contributed by atoms with Gasteiger partial charge in [0.15, 0.2) is 5.65 Å². The van der Waals surface area contributed by atoms with E-state index in [1.165, 1.54) is 6.33 Å². The van der Waals surface area contributed by atoms with Crippen molar-refractivity contribution in [3.63, 3.8) is 0 Å². The van der Waals surface area contributed by atoms with Gasteiger partial charge in [-0.05, 0) is 56.7 Å². The maximum absolute atomic E-state index is 12.7. The van der Waals surface area contributed by atoms with E-state index in [-0.39, 0.29) is 11.4 Å². The number of methoxy groups -OCH3 is 1. The van der Waals surface area contributed by atoms with Gasteiger partial charge in [0.25, 0.3) is 5.91 Å². The highest BCUT2D eigenvalue weighted by Gasteiger charge is 2.42. The van der Waals surface area contributed by atoms with Gasteiger partial charge in [-0.15, -0.1) is 0 Å². The second-order valence-electron chi connectivity index (χ2n) is 10.4. The quantitative estimate of drug-likeness (QED) is 0.332. The van der Waals surface area contributed by atoms with Gasteiger partial charge in [0.1, 0.15) is 23.6 Å². The third kappa shape index (κ3) is 4.69. The van der Waals surface area contributed by atoms with Crippen LogP contribution in [-0.4, -0.2) is 43.5 Å². The second kappa shape index (κ2) is 10.1. The zero-order valence-corrected chi connectivity index (χ0v) is 22.1. The average Bonchev–Trinajstić information content (AvgIpc) is 3.34. The number of nitrogens with zero attached hydrogens (tertiary/aromatic N) is 4. The summed E-state index contributed by atoms with van der Waals surface area (Å²) >= 11 is 0. The monoisotopic (exact) mass is 514 g/mol. The minimum Gasteiger partial charge on any atom is -0.496 e. The van der Waals surface area contributed by atoms with Gasteiger partial charge in [-0.2, -0.15) is 5.10 Å². The van der Waals surface area contributed by atoms with Gasteiger partial charge in [0.05, 0.1) is 29.2 Å². The van der Waals surface area contributed by atoms with Crippen molar-refractivity contribution in [2.75, 3.05) is 12.8 Å². The van der Waals surface area contributed by atoms with Crippen LogP contribution in [0, 0.1) is 0 Å². The first-order valence-electron chi connectivity index (χ1n) is 13.0. The molecule has 0 saturated heterocycles. The summed E-state index contributed by atoms with van der Waals surface area (Å²) in [6, 6.07) is 15.0. The molecule has 1 amide bonds. The Kier molecular flexibility index (Phi) is 6.79. The highest BCUT2D eigenvalue weighted by Crippen LogP contribution is 2.44. The van der Waals surface area contributed by atoms with Crippen molar-refractivity contribution < 1.29 is 14.6 Å². The van der Waals surface area contributed by atoms with Crippen LogP contribution in [0.1, 0.15) is 61.9 Å². The van der Waals surface area contributed by atoms with E-state index in [0.29, 0.717) is 42.2 Å². The van der Waals surface area contributed by atoms with Crippen molar-refractivity contribution in [3.8, 4) is 17.0 Å². The highest BCUT2D eigenvalue weighted by atomic mass is 16.5. The number of benzene rings is 2. The van der Waals surface area contributed by atoms with Gasteiger partial charge in [-0.3, -0.25) is 4.79 Å². The first-order valence-corrected chi connectivity index (χ1v) is 13.0. The Morgan fingerprint density at radius 3 is 2.50 bits per heavy atom. The molecular formula is C29H34N6O3. The largest absolute Gasteiger partial charge is 0.496 e. The molecule has 198 valence electrons. The fourth-order valence-corrected chi connectivity index (χ4v) is 5.37. The molecule has 9 heteroatoms. The Morgan fingerprint density at radius 2 is 1.82 bits per heavy atom. The number of aromatic nitrogens is 4. The topological polar surface area (TPSA) is 128 Å². The van der Waals surface area contributed by atoms with Crippen LogP contribution in [0.25, 0.3) is 22.3 Å². The molecule has 1 aliphatic rings. The molecule has 2 aromatic carbocycles. The molecular weight excluding hydrogens is 480 g/mol. The second-order valence-corrected chi connectivity index (χ2v) is 10.4. The van der Waals surface area contributed by atoms with E-state index in [2.05, 4.69) is 22.2 Å². The van der Waals surface area contributed by atoms with Crippen LogP contribution in [0.2, 0.25) is 0 Å². The number of ether oxygens (including phenoxy) is 1. The third-order valence-electron chi connectivity index (χ3n) is 7.89. The number of nitrogens with two attached hydrogens (primary N) is 1. The van der Waals surface area contributed by atoms with Crippen molar-refractivity contribution in [3.05, 3.63) is 66.0 Å². The van der Waals surface area contributed by atoms with Gasteiger partial charge >= 0.3 is 0 Å². The molecule has 0 unspecified atom stereocenters. The minimum absolute atomic E-state index is 0.197. The van der Waals surface area contributed by atoms with Crippen LogP contribution in [0.5, 0.6) is 5.75 Å². The van der Waals surface area contributed by atoms with E-state index in [9.17, 15) is 9.90 Å². The van der Waals surface area contributed by atoms with Gasteiger partial charge in [0.2, 0.25) is 0 Å². The van der Waals surface area contributed by atoms with E-state index in [1.54, 1.807) is 19.2 Å². The highest BCUT2D eigenvalue weighted by molar-refractivity contribution is 5.98. The molecule has 2 aromatic heterocycles. The summed E-state index contributed by atoms with van der Waals surface area (Å²) in [6.07, 6.45) is 5.37. The summed E-state index contributed by atoms with van der Waals surface area (Å²) in [5.74, 6) is 0.727. The molecule has 4 aromatic rings. The standard InChI is InChI=1S/C29H34N6O3/c1-4-29(15-13-28(2,37)14-16-29)35-26-23(25(30)32-18-33-26)24(34-35)20-11-9-19(10-12-20)17-31-27(36)21-7-5-6-8-22(21)38-3/h5-12,18,37H,4,13-17H2,1-3H3,(H,31,36)(H2,30,32,33). The SMILES string of the molecule is CCC1(n2nc(-c3ccc(CNC(=O)c4ccccc4OC)cc3)c3c(N)ncnc32)CCC(C)(O)CC1. The molecule has 0 radical (unpaired) electrons. The Morgan fingerprint density at radius 1 is 1.11 bits per heavy atom. The summed E-state index contributed by atoms with van der Waals surface area (Å²) in [6.45, 7) is 4.43. The smallest absolute Gasteiger partial charge is 0.255 e. The molecule has 4 N–H and O–H groups in total. The minimum atomic E-state index is -0.657. The van der Waals surface area contributed by atoms with Gasteiger partial charge in [-0.1, -0.05) is 43.3 Å². The number of anilines is 1. The molecule has 0 bridgehead atoms. The van der Waals surface area contributed by atoms with Crippen molar-refractivity contribution >= 4 is 22.8 Å². The van der Waals surface area contributed by atoms with Crippen molar-refractivity contribution in [1.82, 2.24) is 25.1 Å².